The van der Waals surface area contributed by atoms with Crippen molar-refractivity contribution in [3.8, 4) is 16.9 Å². The van der Waals surface area contributed by atoms with Crippen LogP contribution < -0.4 is 10.2 Å². The van der Waals surface area contributed by atoms with Gasteiger partial charge in [-0.05, 0) is 29.8 Å². The molecule has 5 unspecified atom stereocenters. The first-order valence-electron chi connectivity index (χ1n) is 12.7. The molecular formula is C29H27ClO12. The Balaban J connectivity index is 1.70. The lowest BCUT2D eigenvalue weighted by Crippen LogP contribution is -2.63. The first kappa shape index (κ1) is 30.5. The molecule has 0 aliphatic carbocycles. The molecule has 13 heteroatoms. The number of fused-ring (bicyclic) bond motifs is 1. The number of hydrogen-bond acceptors (Lipinski definition) is 12. The van der Waals surface area contributed by atoms with E-state index >= 15 is 0 Å². The molecule has 3 aromatic rings. The van der Waals surface area contributed by atoms with Crippen molar-refractivity contribution < 1.29 is 52.0 Å². The lowest BCUT2D eigenvalue weighted by atomic mass is 9.98. The molecule has 1 aromatic heterocycles. The Morgan fingerprint density at radius 2 is 1.43 bits per heavy atom. The summed E-state index contributed by atoms with van der Waals surface area (Å²) >= 11 is 5.95. The molecule has 1 aliphatic heterocycles. The van der Waals surface area contributed by atoms with Crippen LogP contribution in [0.2, 0.25) is 5.02 Å². The summed E-state index contributed by atoms with van der Waals surface area (Å²) in [5.41, 5.74) is 0.832. The number of carbonyl (C=O) groups is 4. The van der Waals surface area contributed by atoms with Crippen molar-refractivity contribution in [3.05, 3.63) is 64.0 Å². The minimum Gasteiger partial charge on any atom is -0.463 e. The molecular weight excluding hydrogens is 576 g/mol. The fraction of sp³-hybridized carbons (Fsp3) is 0.345. The quantitative estimate of drug-likeness (QED) is 0.273. The molecule has 0 radical (unpaired) electrons. The summed E-state index contributed by atoms with van der Waals surface area (Å²) in [5.74, 6) is -2.81. The second-order valence-corrected chi connectivity index (χ2v) is 9.77. The highest BCUT2D eigenvalue weighted by Crippen LogP contribution is 2.32. The molecule has 0 N–H and O–H groups in total. The van der Waals surface area contributed by atoms with Crippen molar-refractivity contribution in [1.82, 2.24) is 0 Å². The van der Waals surface area contributed by atoms with E-state index in [9.17, 15) is 24.0 Å². The van der Waals surface area contributed by atoms with E-state index in [-0.39, 0.29) is 22.1 Å². The van der Waals surface area contributed by atoms with Gasteiger partial charge in [0.15, 0.2) is 17.6 Å². The van der Waals surface area contributed by atoms with Crippen molar-refractivity contribution in [2.75, 3.05) is 6.61 Å². The smallest absolute Gasteiger partial charge is 0.303 e. The third kappa shape index (κ3) is 7.25. The van der Waals surface area contributed by atoms with Crippen LogP contribution in [-0.4, -0.2) is 61.2 Å². The second kappa shape index (κ2) is 13.0. The second-order valence-electron chi connectivity index (χ2n) is 9.33. The predicted molar refractivity (Wildman–Crippen MR) is 146 cm³/mol. The van der Waals surface area contributed by atoms with Gasteiger partial charge in [0.25, 0.3) is 0 Å². The van der Waals surface area contributed by atoms with Crippen molar-refractivity contribution >= 4 is 46.4 Å². The fourth-order valence-electron chi connectivity index (χ4n) is 4.43. The van der Waals surface area contributed by atoms with Crippen molar-refractivity contribution in [2.45, 2.75) is 58.4 Å². The lowest BCUT2D eigenvalue weighted by Gasteiger charge is -2.43. The van der Waals surface area contributed by atoms with Gasteiger partial charge < -0.3 is 32.8 Å². The molecule has 0 amide bonds. The Morgan fingerprint density at radius 1 is 0.810 bits per heavy atom. The SMILES string of the molecule is CC(=O)OCC1OC(Oc2ccc3c(=O)c(-c4ccc(Cl)cc4)coc3c2)C(OC(C)=O)C(OC(C)=O)C1OC(C)=O. The van der Waals surface area contributed by atoms with E-state index in [1.807, 2.05) is 0 Å². The van der Waals surface area contributed by atoms with Gasteiger partial charge in [-0.3, -0.25) is 24.0 Å². The molecule has 42 heavy (non-hydrogen) atoms. The first-order valence-corrected chi connectivity index (χ1v) is 13.1. The minimum atomic E-state index is -1.44. The topological polar surface area (TPSA) is 154 Å². The van der Waals surface area contributed by atoms with Gasteiger partial charge in [0.2, 0.25) is 12.4 Å². The number of halogens is 1. The first-order chi connectivity index (χ1) is 19.9. The molecule has 2 aromatic carbocycles. The van der Waals surface area contributed by atoms with Gasteiger partial charge in [-0.1, -0.05) is 23.7 Å². The third-order valence-electron chi connectivity index (χ3n) is 6.10. The Morgan fingerprint density at radius 3 is 2.05 bits per heavy atom. The van der Waals surface area contributed by atoms with E-state index in [1.54, 1.807) is 24.3 Å². The number of benzene rings is 2. The number of carbonyl (C=O) groups excluding carboxylic acids is 4. The fourth-order valence-corrected chi connectivity index (χ4v) is 4.55. The van der Waals surface area contributed by atoms with Crippen LogP contribution in [0, 0.1) is 0 Å². The monoisotopic (exact) mass is 602 g/mol. The summed E-state index contributed by atoms with van der Waals surface area (Å²) < 4.78 is 38.9. The largest absolute Gasteiger partial charge is 0.463 e. The maximum Gasteiger partial charge on any atom is 0.303 e. The zero-order valence-electron chi connectivity index (χ0n) is 23.0. The number of rotatable bonds is 8. The Labute approximate surface area is 244 Å². The van der Waals surface area contributed by atoms with Crippen LogP contribution in [0.25, 0.3) is 22.1 Å². The van der Waals surface area contributed by atoms with E-state index in [0.717, 1.165) is 20.8 Å². The molecule has 0 saturated carbocycles. The summed E-state index contributed by atoms with van der Waals surface area (Å²) in [5, 5.41) is 0.782. The van der Waals surface area contributed by atoms with Gasteiger partial charge in [-0.2, -0.15) is 0 Å². The van der Waals surface area contributed by atoms with Gasteiger partial charge in [-0.25, -0.2) is 0 Å². The van der Waals surface area contributed by atoms with Crippen LogP contribution in [0.5, 0.6) is 5.75 Å². The van der Waals surface area contributed by atoms with Gasteiger partial charge in [0.05, 0.1) is 10.9 Å². The highest BCUT2D eigenvalue weighted by Gasteiger charge is 2.53. The minimum absolute atomic E-state index is 0.130. The standard InChI is InChI=1S/C29H27ClO12/c1-14(31)36-13-24-26(38-15(2)32)27(39-16(3)33)28(40-17(4)34)29(42-24)41-20-9-10-21-23(11-20)37-12-22(25(21)35)18-5-7-19(30)8-6-18/h5-12,24,26-29H,13H2,1-4H3. The summed E-state index contributed by atoms with van der Waals surface area (Å²) in [6.07, 6.45) is -5.45. The van der Waals surface area contributed by atoms with Crippen LogP contribution in [0.1, 0.15) is 27.7 Å². The highest BCUT2D eigenvalue weighted by atomic mass is 35.5. The molecule has 0 spiro atoms. The molecule has 1 saturated heterocycles. The molecule has 222 valence electrons. The summed E-state index contributed by atoms with van der Waals surface area (Å²) in [6, 6.07) is 11.1. The molecule has 1 aliphatic rings. The maximum atomic E-state index is 13.2. The molecule has 0 bridgehead atoms. The van der Waals surface area contributed by atoms with Gasteiger partial charge in [0, 0.05) is 38.8 Å². The van der Waals surface area contributed by atoms with E-state index in [4.69, 9.17) is 44.4 Å². The molecule has 12 nitrogen and oxygen atoms in total. The molecule has 4 rings (SSSR count). The van der Waals surface area contributed by atoms with Crippen LogP contribution in [0.4, 0.5) is 0 Å². The van der Waals surface area contributed by atoms with Crippen molar-refractivity contribution in [1.29, 1.82) is 0 Å². The Kier molecular flexibility index (Phi) is 9.48. The van der Waals surface area contributed by atoms with Crippen LogP contribution >= 0.6 is 11.6 Å². The van der Waals surface area contributed by atoms with Gasteiger partial charge >= 0.3 is 23.9 Å². The molecule has 2 heterocycles. The van der Waals surface area contributed by atoms with Gasteiger partial charge in [-0.15, -0.1) is 0 Å². The molecule has 5 atom stereocenters. The van der Waals surface area contributed by atoms with Crippen LogP contribution in [0.3, 0.4) is 0 Å². The van der Waals surface area contributed by atoms with E-state index < -0.39 is 61.2 Å². The normalized spacial score (nSPS) is 21.7. The summed E-state index contributed by atoms with van der Waals surface area (Å²) in [7, 11) is 0. The zero-order chi connectivity index (χ0) is 30.6. The van der Waals surface area contributed by atoms with Gasteiger partial charge in [0.1, 0.15) is 30.3 Å². The van der Waals surface area contributed by atoms with Crippen LogP contribution in [-0.2, 0) is 42.9 Å². The van der Waals surface area contributed by atoms with Crippen molar-refractivity contribution in [2.24, 2.45) is 0 Å². The van der Waals surface area contributed by atoms with E-state index in [1.165, 1.54) is 31.4 Å². The number of hydrogen-bond donors (Lipinski definition) is 0. The van der Waals surface area contributed by atoms with E-state index in [2.05, 4.69) is 0 Å². The Bertz CT molecular complexity index is 1550. The van der Waals surface area contributed by atoms with Crippen molar-refractivity contribution in [3.63, 3.8) is 0 Å². The number of ether oxygens (including phenoxy) is 6. The zero-order valence-corrected chi connectivity index (χ0v) is 23.7. The molecule has 1 fully saturated rings. The van der Waals surface area contributed by atoms with E-state index in [0.29, 0.717) is 16.1 Å². The predicted octanol–water partition coefficient (Wildman–Crippen LogP) is 3.58. The summed E-state index contributed by atoms with van der Waals surface area (Å²) in [4.78, 5) is 60.7. The summed E-state index contributed by atoms with van der Waals surface area (Å²) in [6.45, 7) is 4.13. The Hall–Kier alpha value is -4.42. The average Bonchev–Trinajstić information content (AvgIpc) is 2.91. The maximum absolute atomic E-state index is 13.2. The number of esters is 4. The van der Waals surface area contributed by atoms with Crippen LogP contribution in [0.15, 0.2) is 57.9 Å². The third-order valence-corrected chi connectivity index (χ3v) is 6.35. The average molecular weight is 603 g/mol. The lowest BCUT2D eigenvalue weighted by molar-refractivity contribution is -0.288. The highest BCUT2D eigenvalue weighted by molar-refractivity contribution is 6.30.